The van der Waals surface area contributed by atoms with Crippen molar-refractivity contribution in [3.63, 3.8) is 0 Å². The first kappa shape index (κ1) is 9.16. The number of nitrogens with zero attached hydrogens (tertiary/aromatic N) is 2. The quantitative estimate of drug-likeness (QED) is 0.673. The lowest BCUT2D eigenvalue weighted by Crippen LogP contribution is -2.36. The second kappa shape index (κ2) is 4.85. The van der Waals surface area contributed by atoms with Crippen LogP contribution < -0.4 is 5.32 Å². The zero-order valence-corrected chi connectivity index (χ0v) is 8.08. The van der Waals surface area contributed by atoms with Gasteiger partial charge in [-0.25, -0.2) is 4.99 Å². The molecule has 5 heteroatoms. The number of thioether (sulfide) groups is 1. The number of rotatable bonds is 2. The summed E-state index contributed by atoms with van der Waals surface area (Å²) in [4.78, 5) is 4.21. The Morgan fingerprint density at radius 1 is 1.82 bits per heavy atom. The third-order valence-corrected chi connectivity index (χ3v) is 2.60. The Hall–Kier alpha value is 0.0700. The number of hydrogen-bond acceptors (Lipinski definition) is 4. The van der Waals surface area contributed by atoms with Crippen LogP contribution in [0, 0.1) is 0 Å². The molecule has 0 aromatic rings. The molecule has 3 nitrogen and oxygen atoms in total. The predicted molar refractivity (Wildman–Crippen MR) is 50.7 cm³/mol. The van der Waals surface area contributed by atoms with E-state index in [1.165, 1.54) is 6.42 Å². The standard InChI is InChI=1S/C6H12ClN3S/c1-2-3-11-6-8-4-10(7)5-9-6/h2-5H2,1H3,(H,8,9). The van der Waals surface area contributed by atoms with Gasteiger partial charge in [0.1, 0.15) is 6.67 Å². The van der Waals surface area contributed by atoms with Gasteiger partial charge >= 0.3 is 0 Å². The van der Waals surface area contributed by atoms with Gasteiger partial charge in [0.15, 0.2) is 5.17 Å². The van der Waals surface area contributed by atoms with Crippen LogP contribution in [-0.4, -0.2) is 28.7 Å². The van der Waals surface area contributed by atoms with E-state index in [1.54, 1.807) is 16.2 Å². The molecule has 0 atom stereocenters. The number of nitrogens with one attached hydrogen (secondary N) is 1. The highest BCUT2D eigenvalue weighted by Gasteiger charge is 2.08. The van der Waals surface area contributed by atoms with Gasteiger partial charge in [-0.15, -0.1) is 0 Å². The van der Waals surface area contributed by atoms with Gasteiger partial charge in [-0.05, 0) is 18.2 Å². The highest BCUT2D eigenvalue weighted by molar-refractivity contribution is 8.13. The largest absolute Gasteiger partial charge is 0.351 e. The molecule has 1 N–H and O–H groups in total. The summed E-state index contributed by atoms with van der Waals surface area (Å²) in [7, 11) is 0. The molecule has 11 heavy (non-hydrogen) atoms. The third-order valence-electron chi connectivity index (χ3n) is 1.21. The molecule has 0 fully saturated rings. The molecule has 1 rings (SSSR count). The maximum Gasteiger partial charge on any atom is 0.158 e. The number of hydrogen-bond donors (Lipinski definition) is 1. The van der Waals surface area contributed by atoms with Gasteiger partial charge < -0.3 is 5.32 Å². The first-order chi connectivity index (χ1) is 5.33. The molecule has 0 amide bonds. The van der Waals surface area contributed by atoms with Crippen molar-refractivity contribution in [3.8, 4) is 0 Å². The van der Waals surface area contributed by atoms with Gasteiger partial charge in [-0.2, -0.15) is 4.42 Å². The lowest BCUT2D eigenvalue weighted by atomic mass is 10.6. The average Bonchev–Trinajstić information content (AvgIpc) is 2.04. The number of aliphatic imine (C=N–C) groups is 1. The highest BCUT2D eigenvalue weighted by atomic mass is 35.5. The molecule has 0 aromatic carbocycles. The molecule has 1 aliphatic heterocycles. The summed E-state index contributed by atoms with van der Waals surface area (Å²) in [6.07, 6.45) is 1.18. The van der Waals surface area contributed by atoms with Crippen LogP contribution in [0.1, 0.15) is 13.3 Å². The van der Waals surface area contributed by atoms with Crippen molar-refractivity contribution < 1.29 is 0 Å². The molecule has 0 bridgehead atoms. The Kier molecular flexibility index (Phi) is 4.04. The molecular formula is C6H12ClN3S. The van der Waals surface area contributed by atoms with E-state index in [1.807, 2.05) is 0 Å². The molecule has 64 valence electrons. The van der Waals surface area contributed by atoms with Crippen molar-refractivity contribution in [2.24, 2.45) is 4.99 Å². The Morgan fingerprint density at radius 3 is 3.18 bits per heavy atom. The summed E-state index contributed by atoms with van der Waals surface area (Å²) >= 11 is 7.42. The Bertz CT molecular complexity index is 151. The minimum absolute atomic E-state index is 0.598. The summed E-state index contributed by atoms with van der Waals surface area (Å²) in [5.74, 6) is 1.12. The average molecular weight is 194 g/mol. The van der Waals surface area contributed by atoms with Crippen molar-refractivity contribution in [2.45, 2.75) is 13.3 Å². The predicted octanol–water partition coefficient (Wildman–Crippen LogP) is 1.46. The maximum absolute atomic E-state index is 5.67. The first-order valence-corrected chi connectivity index (χ1v) is 4.97. The minimum Gasteiger partial charge on any atom is -0.351 e. The van der Waals surface area contributed by atoms with Gasteiger partial charge in [-0.1, -0.05) is 18.7 Å². The zero-order valence-electron chi connectivity index (χ0n) is 6.51. The van der Waals surface area contributed by atoms with Crippen LogP contribution >= 0.6 is 23.5 Å². The summed E-state index contributed by atoms with van der Waals surface area (Å²) in [6, 6.07) is 0. The minimum atomic E-state index is 0.598. The van der Waals surface area contributed by atoms with Crippen LogP contribution in [0.2, 0.25) is 0 Å². The normalized spacial score (nSPS) is 19.3. The van der Waals surface area contributed by atoms with Gasteiger partial charge in [0.2, 0.25) is 0 Å². The van der Waals surface area contributed by atoms with E-state index < -0.39 is 0 Å². The van der Waals surface area contributed by atoms with Gasteiger partial charge in [-0.3, -0.25) is 0 Å². The van der Waals surface area contributed by atoms with E-state index in [0.717, 1.165) is 10.9 Å². The van der Waals surface area contributed by atoms with Crippen LogP contribution in [0.4, 0.5) is 0 Å². The summed E-state index contributed by atoms with van der Waals surface area (Å²) < 4.78 is 1.61. The summed E-state index contributed by atoms with van der Waals surface area (Å²) in [5, 5.41) is 4.13. The van der Waals surface area contributed by atoms with Gasteiger partial charge in [0, 0.05) is 5.75 Å². The first-order valence-electron chi connectivity index (χ1n) is 3.64. The van der Waals surface area contributed by atoms with Gasteiger partial charge in [0.05, 0.1) is 6.67 Å². The van der Waals surface area contributed by atoms with E-state index in [9.17, 15) is 0 Å². The Labute approximate surface area is 76.3 Å². The van der Waals surface area contributed by atoms with Crippen LogP contribution in [0.3, 0.4) is 0 Å². The van der Waals surface area contributed by atoms with Crippen molar-refractivity contribution in [1.29, 1.82) is 0 Å². The molecule has 0 saturated heterocycles. The molecule has 0 radical (unpaired) electrons. The van der Waals surface area contributed by atoms with E-state index in [2.05, 4.69) is 17.2 Å². The molecular weight excluding hydrogens is 182 g/mol. The van der Waals surface area contributed by atoms with E-state index in [0.29, 0.717) is 13.3 Å². The molecule has 0 spiro atoms. The molecule has 0 unspecified atom stereocenters. The van der Waals surface area contributed by atoms with E-state index >= 15 is 0 Å². The zero-order chi connectivity index (χ0) is 8.10. The van der Waals surface area contributed by atoms with E-state index in [4.69, 9.17) is 11.8 Å². The van der Waals surface area contributed by atoms with Crippen molar-refractivity contribution >= 4 is 28.7 Å². The smallest absolute Gasteiger partial charge is 0.158 e. The maximum atomic E-state index is 5.67. The van der Waals surface area contributed by atoms with Crippen LogP contribution in [0.25, 0.3) is 0 Å². The summed E-state index contributed by atoms with van der Waals surface area (Å²) in [5.41, 5.74) is 0. The lowest BCUT2D eigenvalue weighted by Gasteiger charge is -2.19. The SMILES string of the molecule is CCCSC1=NCN(Cl)CN1. The second-order valence-corrected chi connectivity index (χ2v) is 3.81. The van der Waals surface area contributed by atoms with Crippen molar-refractivity contribution in [3.05, 3.63) is 0 Å². The fourth-order valence-corrected chi connectivity index (χ4v) is 1.52. The van der Waals surface area contributed by atoms with Crippen molar-refractivity contribution in [2.75, 3.05) is 19.1 Å². The van der Waals surface area contributed by atoms with Gasteiger partial charge in [0.25, 0.3) is 0 Å². The lowest BCUT2D eigenvalue weighted by molar-refractivity contribution is 0.442. The number of halogens is 1. The van der Waals surface area contributed by atoms with Crippen LogP contribution in [-0.2, 0) is 0 Å². The van der Waals surface area contributed by atoms with Crippen LogP contribution in [0.15, 0.2) is 4.99 Å². The fourth-order valence-electron chi connectivity index (χ4n) is 0.696. The molecule has 0 saturated carbocycles. The fraction of sp³-hybridized carbons (Fsp3) is 0.833. The summed E-state index contributed by atoms with van der Waals surface area (Å²) in [6.45, 7) is 3.45. The molecule has 0 aromatic heterocycles. The number of amidine groups is 1. The second-order valence-electron chi connectivity index (χ2n) is 2.25. The topological polar surface area (TPSA) is 27.6 Å². The Balaban J connectivity index is 2.24. The van der Waals surface area contributed by atoms with Crippen LogP contribution in [0.5, 0.6) is 0 Å². The third kappa shape index (κ3) is 3.31. The Morgan fingerprint density at radius 2 is 2.64 bits per heavy atom. The molecule has 1 aliphatic rings. The van der Waals surface area contributed by atoms with Crippen molar-refractivity contribution in [1.82, 2.24) is 9.74 Å². The highest BCUT2D eigenvalue weighted by Crippen LogP contribution is 2.07. The van der Waals surface area contributed by atoms with E-state index in [-0.39, 0.29) is 0 Å². The monoisotopic (exact) mass is 193 g/mol. The molecule has 1 heterocycles. The molecule has 0 aliphatic carbocycles.